The zero-order valence-electron chi connectivity index (χ0n) is 15.1. The number of carbonyl (C=O) groups excluding carboxylic acids is 1. The van der Waals surface area contributed by atoms with Crippen LogP contribution in [0.15, 0.2) is 36.7 Å². The number of rotatable bonds is 5. The number of nitrogens with zero attached hydrogens (tertiary/aromatic N) is 2. The second kappa shape index (κ2) is 8.51. The van der Waals surface area contributed by atoms with Gasteiger partial charge < -0.3 is 20.1 Å². The molecule has 2 aromatic rings. The van der Waals surface area contributed by atoms with Crippen molar-refractivity contribution in [3.05, 3.63) is 42.2 Å². The van der Waals surface area contributed by atoms with Crippen LogP contribution in [-0.4, -0.2) is 35.3 Å². The van der Waals surface area contributed by atoms with E-state index in [0.717, 1.165) is 36.9 Å². The molecule has 3 rings (SSSR count). The van der Waals surface area contributed by atoms with Crippen molar-refractivity contribution in [3.63, 3.8) is 0 Å². The third-order valence-corrected chi connectivity index (χ3v) is 4.42. The smallest absolute Gasteiger partial charge is 0.319 e. The number of aromatic nitrogens is 2. The number of ether oxygens (including phenoxy) is 2. The van der Waals surface area contributed by atoms with Crippen molar-refractivity contribution < 1.29 is 14.3 Å². The van der Waals surface area contributed by atoms with E-state index in [1.165, 1.54) is 0 Å². The molecule has 0 radical (unpaired) electrons. The van der Waals surface area contributed by atoms with E-state index in [1.807, 2.05) is 31.2 Å². The first-order chi connectivity index (χ1) is 12.6. The summed E-state index contributed by atoms with van der Waals surface area (Å²) in [5.74, 6) is 0.814. The van der Waals surface area contributed by atoms with E-state index in [4.69, 9.17) is 9.47 Å². The lowest BCUT2D eigenvalue weighted by molar-refractivity contribution is 0.129. The number of urea groups is 1. The number of hydrogen-bond acceptors (Lipinski definition) is 5. The van der Waals surface area contributed by atoms with Gasteiger partial charge >= 0.3 is 6.03 Å². The molecule has 2 N–H and O–H groups in total. The number of carbonyl (C=O) groups is 1. The standard InChI is InChI=1S/C19H24N4O3/c1-13-3-5-14(6-4-13)22-19(24)23-15-7-9-16(10-8-15)26-18-17(25-2)20-11-12-21-18/h3-6,11-12,15-16H,7-10H2,1-2H3,(H2,22,23,24). The minimum Gasteiger partial charge on any atom is -0.477 e. The molecule has 1 aliphatic carbocycles. The Kier molecular flexibility index (Phi) is 5.88. The molecular weight excluding hydrogens is 332 g/mol. The summed E-state index contributed by atoms with van der Waals surface area (Å²) >= 11 is 0. The van der Waals surface area contributed by atoms with E-state index in [1.54, 1.807) is 19.5 Å². The molecule has 0 aliphatic heterocycles. The van der Waals surface area contributed by atoms with E-state index in [2.05, 4.69) is 20.6 Å². The van der Waals surface area contributed by atoms with Gasteiger partial charge in [0.2, 0.25) is 0 Å². The summed E-state index contributed by atoms with van der Waals surface area (Å²) in [6.45, 7) is 2.01. The van der Waals surface area contributed by atoms with Gasteiger partial charge in [-0.25, -0.2) is 14.8 Å². The summed E-state index contributed by atoms with van der Waals surface area (Å²) in [6, 6.07) is 7.71. The van der Waals surface area contributed by atoms with Gasteiger partial charge in [-0.05, 0) is 44.7 Å². The SMILES string of the molecule is COc1nccnc1OC1CCC(NC(=O)Nc2ccc(C)cc2)CC1. The number of hydrogen-bond donors (Lipinski definition) is 2. The summed E-state index contributed by atoms with van der Waals surface area (Å²) in [4.78, 5) is 20.4. The van der Waals surface area contributed by atoms with Crippen LogP contribution in [0.5, 0.6) is 11.8 Å². The number of methoxy groups -OCH3 is 1. The van der Waals surface area contributed by atoms with Crippen LogP contribution < -0.4 is 20.1 Å². The lowest BCUT2D eigenvalue weighted by Crippen LogP contribution is -2.41. The molecule has 1 heterocycles. The Balaban J connectivity index is 1.44. The molecule has 26 heavy (non-hydrogen) atoms. The molecule has 1 aliphatic rings. The molecule has 0 atom stereocenters. The van der Waals surface area contributed by atoms with Crippen LogP contribution >= 0.6 is 0 Å². The highest BCUT2D eigenvalue weighted by Crippen LogP contribution is 2.27. The molecule has 1 saturated carbocycles. The highest BCUT2D eigenvalue weighted by molar-refractivity contribution is 5.89. The van der Waals surface area contributed by atoms with E-state index < -0.39 is 0 Å². The third-order valence-electron chi connectivity index (χ3n) is 4.42. The Morgan fingerprint density at radius 3 is 2.35 bits per heavy atom. The molecule has 7 nitrogen and oxygen atoms in total. The maximum atomic E-state index is 12.1. The largest absolute Gasteiger partial charge is 0.477 e. The normalized spacial score (nSPS) is 19.5. The number of amides is 2. The van der Waals surface area contributed by atoms with E-state index >= 15 is 0 Å². The highest BCUT2D eigenvalue weighted by atomic mass is 16.5. The first kappa shape index (κ1) is 18.0. The van der Waals surface area contributed by atoms with Crippen molar-refractivity contribution in [2.75, 3.05) is 12.4 Å². The molecule has 2 amide bonds. The molecular formula is C19H24N4O3. The maximum Gasteiger partial charge on any atom is 0.319 e. The lowest BCUT2D eigenvalue weighted by Gasteiger charge is -2.29. The van der Waals surface area contributed by atoms with Crippen molar-refractivity contribution in [2.45, 2.75) is 44.8 Å². The molecule has 1 aromatic carbocycles. The lowest BCUT2D eigenvalue weighted by atomic mass is 9.93. The van der Waals surface area contributed by atoms with E-state index in [-0.39, 0.29) is 18.2 Å². The number of nitrogens with one attached hydrogen (secondary N) is 2. The van der Waals surface area contributed by atoms with Crippen molar-refractivity contribution in [1.82, 2.24) is 15.3 Å². The van der Waals surface area contributed by atoms with Gasteiger partial charge in [-0.1, -0.05) is 17.7 Å². The molecule has 0 unspecified atom stereocenters. The van der Waals surface area contributed by atoms with Gasteiger partial charge in [0, 0.05) is 24.1 Å². The summed E-state index contributed by atoms with van der Waals surface area (Å²) in [7, 11) is 1.55. The van der Waals surface area contributed by atoms with Crippen LogP contribution in [0, 0.1) is 6.92 Å². The Morgan fingerprint density at radius 1 is 1.04 bits per heavy atom. The summed E-state index contributed by atoms with van der Waals surface area (Å²) in [5, 5.41) is 5.90. The first-order valence-electron chi connectivity index (χ1n) is 8.80. The van der Waals surface area contributed by atoms with Crippen molar-refractivity contribution >= 4 is 11.7 Å². The third kappa shape index (κ3) is 4.84. The van der Waals surface area contributed by atoms with E-state index in [9.17, 15) is 4.79 Å². The number of anilines is 1. The second-order valence-electron chi connectivity index (χ2n) is 6.43. The fourth-order valence-corrected chi connectivity index (χ4v) is 3.01. The van der Waals surface area contributed by atoms with Gasteiger partial charge in [-0.2, -0.15) is 0 Å². The van der Waals surface area contributed by atoms with Crippen molar-refractivity contribution in [3.8, 4) is 11.8 Å². The Bertz CT molecular complexity index is 728. The first-order valence-corrected chi connectivity index (χ1v) is 8.80. The minimum atomic E-state index is -0.172. The zero-order chi connectivity index (χ0) is 18.4. The number of aryl methyl sites for hydroxylation is 1. The van der Waals surface area contributed by atoms with Crippen LogP contribution in [0.4, 0.5) is 10.5 Å². The molecule has 0 saturated heterocycles. The fourth-order valence-electron chi connectivity index (χ4n) is 3.01. The van der Waals surface area contributed by atoms with Gasteiger partial charge in [-0.3, -0.25) is 0 Å². The van der Waals surface area contributed by atoms with Gasteiger partial charge in [-0.15, -0.1) is 0 Å². The molecule has 0 spiro atoms. The van der Waals surface area contributed by atoms with Crippen molar-refractivity contribution in [2.24, 2.45) is 0 Å². The van der Waals surface area contributed by atoms with Gasteiger partial charge in [0.1, 0.15) is 6.10 Å². The van der Waals surface area contributed by atoms with Gasteiger partial charge in [0.25, 0.3) is 11.8 Å². The minimum absolute atomic E-state index is 0.0545. The maximum absolute atomic E-state index is 12.1. The predicted molar refractivity (Wildman–Crippen MR) is 98.6 cm³/mol. The van der Waals surface area contributed by atoms with Crippen LogP contribution in [0.25, 0.3) is 0 Å². The number of benzene rings is 1. The molecule has 1 fully saturated rings. The Hall–Kier alpha value is -2.83. The molecule has 0 bridgehead atoms. The quantitative estimate of drug-likeness (QED) is 0.858. The molecule has 1 aromatic heterocycles. The summed E-state index contributed by atoms with van der Waals surface area (Å²) < 4.78 is 11.1. The van der Waals surface area contributed by atoms with Gasteiger partial charge in [0.05, 0.1) is 7.11 Å². The second-order valence-corrected chi connectivity index (χ2v) is 6.43. The van der Waals surface area contributed by atoms with Crippen molar-refractivity contribution in [1.29, 1.82) is 0 Å². The van der Waals surface area contributed by atoms with Crippen LogP contribution in [0.2, 0.25) is 0 Å². The average Bonchev–Trinajstić information content (AvgIpc) is 2.65. The summed E-state index contributed by atoms with van der Waals surface area (Å²) in [5.41, 5.74) is 1.95. The van der Waals surface area contributed by atoms with Crippen LogP contribution in [-0.2, 0) is 0 Å². The molecule has 138 valence electrons. The molecule has 7 heteroatoms. The summed E-state index contributed by atoms with van der Waals surface area (Å²) in [6.07, 6.45) is 6.60. The Morgan fingerprint density at radius 2 is 1.69 bits per heavy atom. The predicted octanol–water partition coefficient (Wildman–Crippen LogP) is 3.31. The zero-order valence-corrected chi connectivity index (χ0v) is 15.1. The fraction of sp³-hybridized carbons (Fsp3) is 0.421. The average molecular weight is 356 g/mol. The van der Waals surface area contributed by atoms with E-state index in [0.29, 0.717) is 11.8 Å². The van der Waals surface area contributed by atoms with Gasteiger partial charge in [0.15, 0.2) is 0 Å². The topological polar surface area (TPSA) is 85.4 Å². The monoisotopic (exact) mass is 356 g/mol. The van der Waals surface area contributed by atoms with Crippen LogP contribution in [0.3, 0.4) is 0 Å². The Labute approximate surface area is 153 Å². The highest BCUT2D eigenvalue weighted by Gasteiger charge is 2.25. The van der Waals surface area contributed by atoms with Crippen LogP contribution in [0.1, 0.15) is 31.2 Å².